The summed E-state index contributed by atoms with van der Waals surface area (Å²) in [6, 6.07) is 5.86. The summed E-state index contributed by atoms with van der Waals surface area (Å²) in [5.41, 5.74) is 8.02. The molecule has 19 heavy (non-hydrogen) atoms. The molecule has 4 nitrogen and oxygen atoms in total. The fourth-order valence-corrected chi connectivity index (χ4v) is 2.55. The lowest BCUT2D eigenvalue weighted by molar-refractivity contribution is 0.0940. The number of rotatable bonds is 4. The van der Waals surface area contributed by atoms with Crippen LogP contribution < -0.4 is 11.1 Å². The van der Waals surface area contributed by atoms with Gasteiger partial charge in [0.25, 0.3) is 5.91 Å². The quantitative estimate of drug-likeness (QED) is 0.812. The highest BCUT2D eigenvalue weighted by Crippen LogP contribution is 2.15. The first-order chi connectivity index (χ1) is 9.09. The predicted molar refractivity (Wildman–Crippen MR) is 78.2 cm³/mol. The summed E-state index contributed by atoms with van der Waals surface area (Å²) in [6.07, 6.45) is 2.54. The first-order valence-electron chi connectivity index (χ1n) is 6.97. The van der Waals surface area contributed by atoms with Crippen LogP contribution in [-0.2, 0) is 0 Å². The molecule has 1 atom stereocenters. The van der Waals surface area contributed by atoms with Crippen LogP contribution in [0.1, 0.15) is 35.7 Å². The Kier molecular flexibility index (Phi) is 4.43. The molecule has 0 aromatic heterocycles. The van der Waals surface area contributed by atoms with Gasteiger partial charge < -0.3 is 11.1 Å². The van der Waals surface area contributed by atoms with Gasteiger partial charge in [0.1, 0.15) is 0 Å². The number of benzene rings is 1. The Morgan fingerprint density at radius 1 is 1.42 bits per heavy atom. The number of nitrogens with zero attached hydrogens (tertiary/aromatic N) is 1. The molecule has 1 unspecified atom stereocenters. The molecule has 0 spiro atoms. The van der Waals surface area contributed by atoms with Crippen molar-refractivity contribution in [2.45, 2.75) is 32.7 Å². The first-order valence-corrected chi connectivity index (χ1v) is 6.97. The van der Waals surface area contributed by atoms with Crippen LogP contribution in [0.3, 0.4) is 0 Å². The summed E-state index contributed by atoms with van der Waals surface area (Å²) in [7, 11) is 0. The minimum atomic E-state index is -0.0316. The highest BCUT2D eigenvalue weighted by atomic mass is 16.1. The molecule has 3 N–H and O–H groups in total. The molecule has 0 bridgehead atoms. The van der Waals surface area contributed by atoms with E-state index in [2.05, 4.69) is 17.1 Å². The SMILES string of the molecule is Cc1c(N)cccc1C(=O)NCC(C)N1CCCC1. The predicted octanol–water partition coefficient (Wildman–Crippen LogP) is 1.79. The van der Waals surface area contributed by atoms with Crippen LogP contribution in [0, 0.1) is 6.92 Å². The van der Waals surface area contributed by atoms with Crippen molar-refractivity contribution in [1.82, 2.24) is 10.2 Å². The number of nitrogens with two attached hydrogens (primary N) is 1. The number of hydrogen-bond donors (Lipinski definition) is 2. The second kappa shape index (κ2) is 6.06. The molecule has 1 aromatic rings. The molecule has 104 valence electrons. The van der Waals surface area contributed by atoms with Crippen LogP contribution >= 0.6 is 0 Å². The number of hydrogen-bond acceptors (Lipinski definition) is 3. The molecular weight excluding hydrogens is 238 g/mol. The maximum Gasteiger partial charge on any atom is 0.251 e. The van der Waals surface area contributed by atoms with Crippen molar-refractivity contribution in [3.05, 3.63) is 29.3 Å². The van der Waals surface area contributed by atoms with Gasteiger partial charge in [0.05, 0.1) is 0 Å². The molecule has 1 fully saturated rings. The van der Waals surface area contributed by atoms with Crippen LogP contribution in [0.2, 0.25) is 0 Å². The van der Waals surface area contributed by atoms with E-state index in [0.717, 1.165) is 18.7 Å². The fourth-order valence-electron chi connectivity index (χ4n) is 2.55. The van der Waals surface area contributed by atoms with E-state index in [4.69, 9.17) is 5.73 Å². The molecule has 1 aliphatic rings. The number of nitrogen functional groups attached to an aromatic ring is 1. The van der Waals surface area contributed by atoms with E-state index < -0.39 is 0 Å². The number of carbonyl (C=O) groups excluding carboxylic acids is 1. The summed E-state index contributed by atoms with van der Waals surface area (Å²) in [6.45, 7) is 7.03. The third-order valence-electron chi connectivity index (χ3n) is 3.94. The number of carbonyl (C=O) groups is 1. The average Bonchev–Trinajstić information content (AvgIpc) is 2.93. The van der Waals surface area contributed by atoms with Crippen LogP contribution in [-0.4, -0.2) is 36.5 Å². The van der Waals surface area contributed by atoms with Gasteiger partial charge in [-0.1, -0.05) is 6.07 Å². The summed E-state index contributed by atoms with van der Waals surface area (Å²) in [4.78, 5) is 14.6. The minimum Gasteiger partial charge on any atom is -0.398 e. The van der Waals surface area contributed by atoms with Crippen molar-refractivity contribution in [1.29, 1.82) is 0 Å². The van der Waals surface area contributed by atoms with E-state index in [0.29, 0.717) is 23.8 Å². The summed E-state index contributed by atoms with van der Waals surface area (Å²) >= 11 is 0. The van der Waals surface area contributed by atoms with Gasteiger partial charge in [-0.2, -0.15) is 0 Å². The Labute approximate surface area is 115 Å². The lowest BCUT2D eigenvalue weighted by Crippen LogP contribution is -2.40. The molecule has 2 rings (SSSR count). The van der Waals surface area contributed by atoms with E-state index in [9.17, 15) is 4.79 Å². The van der Waals surface area contributed by atoms with Gasteiger partial charge in [-0.15, -0.1) is 0 Å². The van der Waals surface area contributed by atoms with E-state index in [-0.39, 0.29) is 5.91 Å². The zero-order chi connectivity index (χ0) is 13.8. The van der Waals surface area contributed by atoms with Gasteiger partial charge in [-0.25, -0.2) is 0 Å². The molecule has 1 aromatic carbocycles. The third-order valence-corrected chi connectivity index (χ3v) is 3.94. The second-order valence-corrected chi connectivity index (χ2v) is 5.32. The monoisotopic (exact) mass is 261 g/mol. The average molecular weight is 261 g/mol. The van der Waals surface area contributed by atoms with Crippen molar-refractivity contribution in [3.63, 3.8) is 0 Å². The Morgan fingerprint density at radius 2 is 2.11 bits per heavy atom. The smallest absolute Gasteiger partial charge is 0.251 e. The van der Waals surface area contributed by atoms with Gasteiger partial charge in [0, 0.05) is 23.8 Å². The molecular formula is C15H23N3O. The molecule has 0 aliphatic carbocycles. The largest absolute Gasteiger partial charge is 0.398 e. The highest BCUT2D eigenvalue weighted by Gasteiger charge is 2.19. The Balaban J connectivity index is 1.92. The molecule has 0 radical (unpaired) electrons. The number of amides is 1. The number of anilines is 1. The molecule has 1 amide bonds. The van der Waals surface area contributed by atoms with Crippen LogP contribution in [0.25, 0.3) is 0 Å². The topological polar surface area (TPSA) is 58.4 Å². The standard InChI is InChI=1S/C15H23N3O/c1-11(18-8-3-4-9-18)10-17-15(19)13-6-5-7-14(16)12(13)2/h5-7,11H,3-4,8-10,16H2,1-2H3,(H,17,19). The van der Waals surface area contributed by atoms with Gasteiger partial charge in [0.2, 0.25) is 0 Å². The molecule has 0 saturated carbocycles. The van der Waals surface area contributed by atoms with Crippen LogP contribution in [0.5, 0.6) is 0 Å². The highest BCUT2D eigenvalue weighted by molar-refractivity contribution is 5.96. The minimum absolute atomic E-state index is 0.0316. The molecule has 4 heteroatoms. The van der Waals surface area contributed by atoms with Crippen molar-refractivity contribution < 1.29 is 4.79 Å². The van der Waals surface area contributed by atoms with Gasteiger partial charge in [-0.3, -0.25) is 9.69 Å². The molecule has 1 aliphatic heterocycles. The maximum atomic E-state index is 12.2. The third kappa shape index (κ3) is 3.26. The fraction of sp³-hybridized carbons (Fsp3) is 0.533. The second-order valence-electron chi connectivity index (χ2n) is 5.32. The normalized spacial score (nSPS) is 17.4. The lowest BCUT2D eigenvalue weighted by atomic mass is 10.1. The van der Waals surface area contributed by atoms with E-state index in [1.165, 1.54) is 12.8 Å². The van der Waals surface area contributed by atoms with E-state index in [1.807, 2.05) is 25.1 Å². The first kappa shape index (κ1) is 13.9. The van der Waals surface area contributed by atoms with Gasteiger partial charge >= 0.3 is 0 Å². The van der Waals surface area contributed by atoms with Crippen molar-refractivity contribution in [2.75, 3.05) is 25.4 Å². The zero-order valence-corrected chi connectivity index (χ0v) is 11.8. The maximum absolute atomic E-state index is 12.2. The Morgan fingerprint density at radius 3 is 2.79 bits per heavy atom. The van der Waals surface area contributed by atoms with E-state index in [1.54, 1.807) is 0 Å². The zero-order valence-electron chi connectivity index (χ0n) is 11.8. The number of likely N-dealkylation sites (tertiary alicyclic amines) is 1. The van der Waals surface area contributed by atoms with Gasteiger partial charge in [-0.05, 0) is 57.5 Å². The van der Waals surface area contributed by atoms with Crippen molar-refractivity contribution in [3.8, 4) is 0 Å². The summed E-state index contributed by atoms with van der Waals surface area (Å²) in [5, 5.41) is 3.01. The molecule has 1 heterocycles. The van der Waals surface area contributed by atoms with Crippen molar-refractivity contribution >= 4 is 11.6 Å². The Bertz CT molecular complexity index is 453. The lowest BCUT2D eigenvalue weighted by Gasteiger charge is -2.24. The van der Waals surface area contributed by atoms with E-state index >= 15 is 0 Å². The summed E-state index contributed by atoms with van der Waals surface area (Å²) < 4.78 is 0. The van der Waals surface area contributed by atoms with Crippen LogP contribution in [0.15, 0.2) is 18.2 Å². The van der Waals surface area contributed by atoms with Gasteiger partial charge in [0.15, 0.2) is 0 Å². The Hall–Kier alpha value is -1.55. The van der Waals surface area contributed by atoms with Crippen molar-refractivity contribution in [2.24, 2.45) is 0 Å². The summed E-state index contributed by atoms with van der Waals surface area (Å²) in [5.74, 6) is -0.0316. The molecule has 1 saturated heterocycles. The number of nitrogens with one attached hydrogen (secondary N) is 1. The van der Waals surface area contributed by atoms with Crippen LogP contribution in [0.4, 0.5) is 5.69 Å².